The number of aliphatic hydroxyl groups is 1. The van der Waals surface area contributed by atoms with E-state index in [4.69, 9.17) is 5.11 Å². The maximum Gasteiger partial charge on any atom is 0.251 e. The summed E-state index contributed by atoms with van der Waals surface area (Å²) in [5, 5.41) is 11.8. The number of benzene rings is 1. The number of amides is 1. The molecule has 4 heteroatoms. The van der Waals surface area contributed by atoms with Gasteiger partial charge in [0, 0.05) is 25.3 Å². The number of carbonyl (C=O) groups is 1. The number of carbonyl (C=O) groups excluding carboxylic acids is 1. The molecule has 0 aromatic heterocycles. The molecule has 0 bridgehead atoms. The Morgan fingerprint density at radius 3 is 2.71 bits per heavy atom. The van der Waals surface area contributed by atoms with Crippen LogP contribution in [0.2, 0.25) is 0 Å². The molecule has 0 spiro atoms. The minimum absolute atomic E-state index is 0.0321. The first-order chi connectivity index (χ1) is 8.08. The van der Waals surface area contributed by atoms with Crippen molar-refractivity contribution in [1.82, 2.24) is 5.32 Å². The van der Waals surface area contributed by atoms with Gasteiger partial charge in [-0.3, -0.25) is 4.79 Å². The zero-order valence-electron chi connectivity index (χ0n) is 10.6. The van der Waals surface area contributed by atoms with Crippen LogP contribution in [0.3, 0.4) is 0 Å². The van der Waals surface area contributed by atoms with E-state index in [-0.39, 0.29) is 18.6 Å². The van der Waals surface area contributed by atoms with Gasteiger partial charge >= 0.3 is 0 Å². The second-order valence-corrected chi connectivity index (χ2v) is 4.21. The molecule has 0 radical (unpaired) electrons. The summed E-state index contributed by atoms with van der Waals surface area (Å²) in [6, 6.07) is 7.22. The molecule has 0 fully saturated rings. The van der Waals surface area contributed by atoms with Crippen LogP contribution in [0.15, 0.2) is 24.3 Å². The van der Waals surface area contributed by atoms with Crippen LogP contribution < -0.4 is 10.2 Å². The van der Waals surface area contributed by atoms with Crippen LogP contribution in [0, 0.1) is 0 Å². The highest BCUT2D eigenvalue weighted by Gasteiger charge is 2.11. The Labute approximate surface area is 102 Å². The molecule has 17 heavy (non-hydrogen) atoms. The van der Waals surface area contributed by atoms with Crippen LogP contribution in [0.25, 0.3) is 0 Å². The third-order valence-corrected chi connectivity index (χ3v) is 2.67. The highest BCUT2D eigenvalue weighted by molar-refractivity contribution is 5.95. The van der Waals surface area contributed by atoms with Crippen molar-refractivity contribution >= 4 is 11.6 Å². The van der Waals surface area contributed by atoms with Crippen molar-refractivity contribution in [2.45, 2.75) is 19.4 Å². The van der Waals surface area contributed by atoms with E-state index in [1.165, 1.54) is 0 Å². The summed E-state index contributed by atoms with van der Waals surface area (Å²) in [5.74, 6) is -0.144. The molecular formula is C13H20N2O2. The van der Waals surface area contributed by atoms with Gasteiger partial charge in [-0.25, -0.2) is 0 Å². The number of hydrogen-bond acceptors (Lipinski definition) is 3. The van der Waals surface area contributed by atoms with E-state index in [2.05, 4.69) is 5.32 Å². The summed E-state index contributed by atoms with van der Waals surface area (Å²) in [4.78, 5) is 13.9. The fourth-order valence-electron chi connectivity index (χ4n) is 1.47. The molecule has 1 aromatic carbocycles. The van der Waals surface area contributed by atoms with Gasteiger partial charge in [-0.1, -0.05) is 13.0 Å². The molecule has 0 saturated carbocycles. The van der Waals surface area contributed by atoms with E-state index in [1.807, 2.05) is 44.1 Å². The molecule has 0 aliphatic rings. The smallest absolute Gasteiger partial charge is 0.251 e. The Morgan fingerprint density at radius 1 is 1.47 bits per heavy atom. The first-order valence-electron chi connectivity index (χ1n) is 5.77. The van der Waals surface area contributed by atoms with E-state index >= 15 is 0 Å². The van der Waals surface area contributed by atoms with E-state index in [9.17, 15) is 4.79 Å². The average molecular weight is 236 g/mol. The summed E-state index contributed by atoms with van der Waals surface area (Å²) in [5.41, 5.74) is 1.60. The SMILES string of the molecule is CCC(CO)NC(=O)c1cccc(N(C)C)c1. The van der Waals surface area contributed by atoms with Crippen LogP contribution in [-0.2, 0) is 0 Å². The van der Waals surface area contributed by atoms with Gasteiger partial charge in [0.2, 0.25) is 0 Å². The van der Waals surface area contributed by atoms with Gasteiger partial charge < -0.3 is 15.3 Å². The lowest BCUT2D eigenvalue weighted by atomic mass is 10.1. The molecular weight excluding hydrogens is 216 g/mol. The predicted octanol–water partition coefficient (Wildman–Crippen LogP) is 1.25. The maximum absolute atomic E-state index is 11.9. The molecule has 1 unspecified atom stereocenters. The predicted molar refractivity (Wildman–Crippen MR) is 69.4 cm³/mol. The third kappa shape index (κ3) is 3.75. The van der Waals surface area contributed by atoms with Gasteiger partial charge in [0.25, 0.3) is 5.91 Å². The van der Waals surface area contributed by atoms with Crippen LogP contribution in [0.5, 0.6) is 0 Å². The topological polar surface area (TPSA) is 52.6 Å². The molecule has 0 aliphatic carbocycles. The van der Waals surface area contributed by atoms with Crippen LogP contribution >= 0.6 is 0 Å². The monoisotopic (exact) mass is 236 g/mol. The molecule has 2 N–H and O–H groups in total. The van der Waals surface area contributed by atoms with Gasteiger partial charge in [0.1, 0.15) is 0 Å². The quantitative estimate of drug-likeness (QED) is 0.809. The second kappa shape index (κ2) is 6.25. The van der Waals surface area contributed by atoms with Crippen LogP contribution in [0.1, 0.15) is 23.7 Å². The van der Waals surface area contributed by atoms with E-state index in [0.717, 1.165) is 12.1 Å². The highest BCUT2D eigenvalue weighted by Crippen LogP contribution is 2.13. The minimum Gasteiger partial charge on any atom is -0.394 e. The van der Waals surface area contributed by atoms with Crippen molar-refractivity contribution in [1.29, 1.82) is 0 Å². The number of hydrogen-bond donors (Lipinski definition) is 2. The van der Waals surface area contributed by atoms with Crippen molar-refractivity contribution in [2.75, 3.05) is 25.6 Å². The van der Waals surface area contributed by atoms with Gasteiger partial charge in [0.05, 0.1) is 12.6 Å². The molecule has 0 saturated heterocycles. The van der Waals surface area contributed by atoms with Crippen LogP contribution in [0.4, 0.5) is 5.69 Å². The Bertz CT molecular complexity index is 373. The molecule has 4 nitrogen and oxygen atoms in total. The van der Waals surface area contributed by atoms with Crippen molar-refractivity contribution < 1.29 is 9.90 Å². The van der Waals surface area contributed by atoms with Gasteiger partial charge in [0.15, 0.2) is 0 Å². The molecule has 0 aliphatic heterocycles. The third-order valence-electron chi connectivity index (χ3n) is 2.67. The Morgan fingerprint density at radius 2 is 2.18 bits per heavy atom. The van der Waals surface area contributed by atoms with Crippen molar-refractivity contribution in [3.8, 4) is 0 Å². The summed E-state index contributed by atoms with van der Waals surface area (Å²) in [6.07, 6.45) is 0.718. The summed E-state index contributed by atoms with van der Waals surface area (Å²) >= 11 is 0. The Kier molecular flexibility index (Phi) is 4.97. The molecule has 94 valence electrons. The van der Waals surface area contributed by atoms with Crippen LogP contribution in [-0.4, -0.2) is 37.8 Å². The lowest BCUT2D eigenvalue weighted by Gasteiger charge is -2.16. The molecule has 1 atom stereocenters. The van der Waals surface area contributed by atoms with Crippen molar-refractivity contribution in [2.24, 2.45) is 0 Å². The lowest BCUT2D eigenvalue weighted by Crippen LogP contribution is -2.36. The molecule has 1 amide bonds. The molecule has 0 heterocycles. The summed E-state index contributed by atoms with van der Waals surface area (Å²) < 4.78 is 0. The first-order valence-corrected chi connectivity index (χ1v) is 5.77. The Hall–Kier alpha value is -1.55. The van der Waals surface area contributed by atoms with E-state index in [1.54, 1.807) is 6.07 Å². The zero-order valence-corrected chi connectivity index (χ0v) is 10.6. The van der Waals surface area contributed by atoms with E-state index in [0.29, 0.717) is 5.56 Å². The standard InChI is InChI=1S/C13H20N2O2/c1-4-11(9-16)14-13(17)10-6-5-7-12(8-10)15(2)3/h5-8,11,16H,4,9H2,1-3H3,(H,14,17). The number of aliphatic hydroxyl groups excluding tert-OH is 1. The van der Waals surface area contributed by atoms with Gasteiger partial charge in [-0.15, -0.1) is 0 Å². The van der Waals surface area contributed by atoms with Gasteiger partial charge in [-0.05, 0) is 24.6 Å². The lowest BCUT2D eigenvalue weighted by molar-refractivity contribution is 0.0915. The Balaban J connectivity index is 2.78. The number of nitrogens with zero attached hydrogens (tertiary/aromatic N) is 1. The number of anilines is 1. The fraction of sp³-hybridized carbons (Fsp3) is 0.462. The van der Waals surface area contributed by atoms with Crippen molar-refractivity contribution in [3.05, 3.63) is 29.8 Å². The summed E-state index contributed by atoms with van der Waals surface area (Å²) in [6.45, 7) is 1.90. The average Bonchev–Trinajstić information content (AvgIpc) is 2.35. The number of rotatable bonds is 5. The van der Waals surface area contributed by atoms with Gasteiger partial charge in [-0.2, -0.15) is 0 Å². The maximum atomic E-state index is 11.9. The number of nitrogens with one attached hydrogen (secondary N) is 1. The minimum atomic E-state index is -0.175. The largest absolute Gasteiger partial charge is 0.394 e. The fourth-order valence-corrected chi connectivity index (χ4v) is 1.47. The van der Waals surface area contributed by atoms with Crippen molar-refractivity contribution in [3.63, 3.8) is 0 Å². The normalized spacial score (nSPS) is 12.0. The highest BCUT2D eigenvalue weighted by atomic mass is 16.3. The zero-order chi connectivity index (χ0) is 12.8. The first kappa shape index (κ1) is 13.5. The summed E-state index contributed by atoms with van der Waals surface area (Å²) in [7, 11) is 3.86. The molecule has 1 rings (SSSR count). The van der Waals surface area contributed by atoms with E-state index < -0.39 is 0 Å². The second-order valence-electron chi connectivity index (χ2n) is 4.21. The molecule has 1 aromatic rings.